The lowest BCUT2D eigenvalue weighted by molar-refractivity contribution is 0.0665. The van der Waals surface area contributed by atoms with Gasteiger partial charge in [0.15, 0.2) is 5.78 Å². The van der Waals surface area contributed by atoms with E-state index in [0.29, 0.717) is 23.4 Å². The highest BCUT2D eigenvalue weighted by molar-refractivity contribution is 5.94. The third kappa shape index (κ3) is 6.89. The maximum absolute atomic E-state index is 12.5. The van der Waals surface area contributed by atoms with Gasteiger partial charge >= 0.3 is 6.09 Å². The Morgan fingerprint density at radius 3 is 2.41 bits per heavy atom. The number of Topliss-reactive ketones (excluding diaryl/α,β-unsaturated/α-hetero) is 1. The largest absolute Gasteiger partial charge is 0.491 e. The molecule has 29 heavy (non-hydrogen) atoms. The predicted octanol–water partition coefficient (Wildman–Crippen LogP) is 3.57. The molecule has 0 radical (unpaired) electrons. The second-order valence-corrected chi connectivity index (χ2v) is 6.72. The Bertz CT molecular complexity index is 805. The Labute approximate surface area is 170 Å². The van der Waals surface area contributed by atoms with Crippen LogP contribution in [0.1, 0.15) is 42.3 Å². The van der Waals surface area contributed by atoms with Gasteiger partial charge in [0.1, 0.15) is 18.5 Å². The van der Waals surface area contributed by atoms with Crippen LogP contribution in [0.2, 0.25) is 0 Å². The molecule has 0 aliphatic heterocycles. The maximum Gasteiger partial charge on any atom is 0.412 e. The van der Waals surface area contributed by atoms with Crippen LogP contribution in [-0.2, 0) is 4.74 Å². The van der Waals surface area contributed by atoms with Crippen molar-refractivity contribution in [3.8, 4) is 5.75 Å². The van der Waals surface area contributed by atoms with Gasteiger partial charge in [-0.15, -0.1) is 0 Å². The fourth-order valence-electron chi connectivity index (χ4n) is 2.86. The molecule has 0 saturated heterocycles. The normalized spacial score (nSPS) is 12.7. The van der Waals surface area contributed by atoms with Crippen molar-refractivity contribution in [3.05, 3.63) is 59.7 Å². The van der Waals surface area contributed by atoms with Crippen LogP contribution in [0.4, 0.5) is 10.5 Å². The third-order valence-electron chi connectivity index (χ3n) is 4.42. The van der Waals surface area contributed by atoms with Crippen molar-refractivity contribution >= 4 is 17.6 Å². The quantitative estimate of drug-likeness (QED) is 0.526. The van der Waals surface area contributed by atoms with Gasteiger partial charge in [0.2, 0.25) is 0 Å². The minimum atomic E-state index is -0.642. The van der Waals surface area contributed by atoms with Gasteiger partial charge < -0.3 is 19.7 Å². The zero-order valence-electron chi connectivity index (χ0n) is 16.6. The standard InChI is InChI=1S/C22H27NO6/c1-15(10-11-24)21(18-4-3-5-20(14-18)28-13-12-25)29-22(27)23-19-8-6-17(7-9-19)16(2)26/h3-9,14-15,21,24-25H,10-13H2,1-2H3,(H,23,27)/t15-,21-/m1/s1. The van der Waals surface area contributed by atoms with Crippen molar-refractivity contribution in [1.82, 2.24) is 0 Å². The molecule has 0 spiro atoms. The number of rotatable bonds is 10. The molecule has 7 heteroatoms. The average Bonchev–Trinajstić information content (AvgIpc) is 2.71. The van der Waals surface area contributed by atoms with Gasteiger partial charge in [0.25, 0.3) is 0 Å². The Kier molecular flexibility index (Phi) is 8.64. The van der Waals surface area contributed by atoms with Gasteiger partial charge in [-0.25, -0.2) is 4.79 Å². The van der Waals surface area contributed by atoms with Gasteiger partial charge in [-0.05, 0) is 61.2 Å². The first-order chi connectivity index (χ1) is 13.9. The Hall–Kier alpha value is -2.90. The number of hydrogen-bond donors (Lipinski definition) is 3. The van der Waals surface area contributed by atoms with Crippen molar-refractivity contribution in [2.45, 2.75) is 26.4 Å². The summed E-state index contributed by atoms with van der Waals surface area (Å²) in [4.78, 5) is 23.8. The van der Waals surface area contributed by atoms with Gasteiger partial charge in [-0.1, -0.05) is 19.1 Å². The molecule has 0 aromatic heterocycles. The van der Waals surface area contributed by atoms with Crippen LogP contribution < -0.4 is 10.1 Å². The highest BCUT2D eigenvalue weighted by Gasteiger charge is 2.24. The molecule has 0 unspecified atom stereocenters. The number of anilines is 1. The molecule has 0 heterocycles. The van der Waals surface area contributed by atoms with Crippen molar-refractivity contribution in [3.63, 3.8) is 0 Å². The van der Waals surface area contributed by atoms with E-state index in [1.54, 1.807) is 42.5 Å². The number of hydrogen-bond acceptors (Lipinski definition) is 6. The average molecular weight is 401 g/mol. The van der Waals surface area contributed by atoms with E-state index in [-0.39, 0.29) is 31.5 Å². The number of aliphatic hydroxyl groups excluding tert-OH is 2. The minimum Gasteiger partial charge on any atom is -0.491 e. The highest BCUT2D eigenvalue weighted by atomic mass is 16.6. The second kappa shape index (κ2) is 11.2. The van der Waals surface area contributed by atoms with Crippen molar-refractivity contribution in [2.75, 3.05) is 25.1 Å². The lowest BCUT2D eigenvalue weighted by Gasteiger charge is -2.24. The molecule has 0 aliphatic rings. The van der Waals surface area contributed by atoms with Crippen LogP contribution >= 0.6 is 0 Å². The summed E-state index contributed by atoms with van der Waals surface area (Å²) >= 11 is 0. The van der Waals surface area contributed by atoms with Gasteiger partial charge in [0.05, 0.1) is 6.61 Å². The molecule has 7 nitrogen and oxygen atoms in total. The predicted molar refractivity (Wildman–Crippen MR) is 109 cm³/mol. The van der Waals surface area contributed by atoms with Crippen LogP contribution in [0.3, 0.4) is 0 Å². The van der Waals surface area contributed by atoms with Gasteiger partial charge in [-0.2, -0.15) is 0 Å². The molecule has 0 saturated carbocycles. The zero-order valence-corrected chi connectivity index (χ0v) is 16.6. The summed E-state index contributed by atoms with van der Waals surface area (Å²) in [6.07, 6.45) is -0.791. The molecule has 2 atom stereocenters. The minimum absolute atomic E-state index is 0.0319. The molecule has 156 valence electrons. The highest BCUT2D eigenvalue weighted by Crippen LogP contribution is 2.31. The molecule has 1 amide bonds. The summed E-state index contributed by atoms with van der Waals surface area (Å²) in [5.41, 5.74) is 1.79. The van der Waals surface area contributed by atoms with E-state index >= 15 is 0 Å². The molecular formula is C22H27NO6. The van der Waals surface area contributed by atoms with E-state index in [4.69, 9.17) is 14.6 Å². The summed E-state index contributed by atoms with van der Waals surface area (Å²) < 4.78 is 11.1. The summed E-state index contributed by atoms with van der Waals surface area (Å²) in [7, 11) is 0. The summed E-state index contributed by atoms with van der Waals surface area (Å²) in [6, 6.07) is 13.6. The van der Waals surface area contributed by atoms with E-state index in [1.807, 2.05) is 13.0 Å². The van der Waals surface area contributed by atoms with E-state index in [0.717, 1.165) is 5.56 Å². The maximum atomic E-state index is 12.5. The first-order valence-electron chi connectivity index (χ1n) is 9.47. The molecule has 2 aromatic carbocycles. The Balaban J connectivity index is 2.13. The molecule has 2 rings (SSSR count). The van der Waals surface area contributed by atoms with Crippen LogP contribution in [0.25, 0.3) is 0 Å². The van der Waals surface area contributed by atoms with Crippen LogP contribution in [0.15, 0.2) is 48.5 Å². The number of benzene rings is 2. The van der Waals surface area contributed by atoms with Crippen LogP contribution in [0, 0.1) is 5.92 Å². The molecule has 0 fully saturated rings. The first-order valence-corrected chi connectivity index (χ1v) is 9.47. The summed E-state index contributed by atoms with van der Waals surface area (Å²) in [5, 5.41) is 20.9. The number of amides is 1. The lowest BCUT2D eigenvalue weighted by atomic mass is 9.94. The van der Waals surface area contributed by atoms with Crippen LogP contribution in [0.5, 0.6) is 5.75 Å². The Morgan fingerprint density at radius 2 is 1.79 bits per heavy atom. The number of nitrogens with one attached hydrogen (secondary N) is 1. The fraction of sp³-hybridized carbons (Fsp3) is 0.364. The van der Waals surface area contributed by atoms with Crippen molar-refractivity contribution in [2.24, 2.45) is 5.92 Å². The van der Waals surface area contributed by atoms with Crippen molar-refractivity contribution in [1.29, 1.82) is 0 Å². The molecule has 2 aromatic rings. The zero-order chi connectivity index (χ0) is 21.2. The first kappa shape index (κ1) is 22.4. The number of carbonyl (C=O) groups excluding carboxylic acids is 2. The number of ketones is 1. The van der Waals surface area contributed by atoms with Gasteiger partial charge in [0, 0.05) is 17.9 Å². The SMILES string of the molecule is CC(=O)c1ccc(NC(=O)O[C@@H](c2cccc(OCCO)c2)[C@H](C)CCO)cc1. The topological polar surface area (TPSA) is 105 Å². The third-order valence-corrected chi connectivity index (χ3v) is 4.42. The second-order valence-electron chi connectivity index (χ2n) is 6.72. The fourth-order valence-corrected chi connectivity index (χ4v) is 2.86. The summed E-state index contributed by atoms with van der Waals surface area (Å²) in [5.74, 6) is 0.362. The van der Waals surface area contributed by atoms with Crippen molar-refractivity contribution < 1.29 is 29.3 Å². The van der Waals surface area contributed by atoms with E-state index in [9.17, 15) is 14.7 Å². The monoisotopic (exact) mass is 401 g/mol. The molecular weight excluding hydrogens is 374 g/mol. The number of aliphatic hydroxyl groups is 2. The lowest BCUT2D eigenvalue weighted by Crippen LogP contribution is -2.22. The molecule has 0 aliphatic carbocycles. The Morgan fingerprint density at radius 1 is 1.07 bits per heavy atom. The smallest absolute Gasteiger partial charge is 0.412 e. The number of carbonyl (C=O) groups is 2. The molecule has 0 bridgehead atoms. The van der Waals surface area contributed by atoms with E-state index in [1.165, 1.54) is 6.92 Å². The molecule has 3 N–H and O–H groups in total. The van der Waals surface area contributed by atoms with Crippen LogP contribution in [-0.4, -0.2) is 41.9 Å². The van der Waals surface area contributed by atoms with Gasteiger partial charge in [-0.3, -0.25) is 10.1 Å². The van der Waals surface area contributed by atoms with E-state index < -0.39 is 12.2 Å². The summed E-state index contributed by atoms with van der Waals surface area (Å²) in [6.45, 7) is 3.39. The number of ether oxygens (including phenoxy) is 2. The van der Waals surface area contributed by atoms with E-state index in [2.05, 4.69) is 5.32 Å².